The molecule has 0 bridgehead atoms. The SMILES string of the molecule is C.Nc1nccc2cc(CCC(=O)[C@H](Cc3ccc(F)c(F)c3)NC(=O)CCCCCN3CCCCC3)ccc12. The smallest absolute Gasteiger partial charge is 0.220 e. The number of halogens is 2. The van der Waals surface area contributed by atoms with E-state index in [0.717, 1.165) is 54.3 Å². The van der Waals surface area contributed by atoms with Crippen molar-refractivity contribution in [3.8, 4) is 0 Å². The van der Waals surface area contributed by atoms with Gasteiger partial charge in [0.25, 0.3) is 0 Å². The second-order valence-electron chi connectivity index (χ2n) is 10.5. The van der Waals surface area contributed by atoms with Crippen molar-refractivity contribution in [2.24, 2.45) is 0 Å². The molecule has 216 valence electrons. The number of unbranched alkanes of at least 4 members (excludes halogenated alkanes) is 2. The Morgan fingerprint density at radius 2 is 1.70 bits per heavy atom. The summed E-state index contributed by atoms with van der Waals surface area (Å²) < 4.78 is 27.3. The summed E-state index contributed by atoms with van der Waals surface area (Å²) in [6.45, 7) is 3.40. The van der Waals surface area contributed by atoms with Gasteiger partial charge in [-0.15, -0.1) is 0 Å². The van der Waals surface area contributed by atoms with Gasteiger partial charge in [0, 0.05) is 24.4 Å². The molecule has 6 nitrogen and oxygen atoms in total. The molecule has 0 spiro atoms. The fourth-order valence-electron chi connectivity index (χ4n) is 5.24. The van der Waals surface area contributed by atoms with Crippen LogP contribution in [0, 0.1) is 11.6 Å². The molecular formula is C32H42F2N4O2. The minimum atomic E-state index is -0.969. The minimum absolute atomic E-state index is 0. The van der Waals surface area contributed by atoms with Crippen molar-refractivity contribution in [2.45, 2.75) is 77.7 Å². The molecule has 0 unspecified atom stereocenters. The van der Waals surface area contributed by atoms with Crippen molar-refractivity contribution in [3.63, 3.8) is 0 Å². The van der Waals surface area contributed by atoms with Crippen molar-refractivity contribution in [3.05, 3.63) is 71.4 Å². The molecular weight excluding hydrogens is 510 g/mol. The average molecular weight is 553 g/mol. The first kappa shape index (κ1) is 31.1. The Labute approximate surface area is 236 Å². The number of hydrogen-bond donors (Lipinski definition) is 2. The summed E-state index contributed by atoms with van der Waals surface area (Å²) in [5, 5.41) is 4.67. The second kappa shape index (κ2) is 15.4. The lowest BCUT2D eigenvalue weighted by molar-refractivity contribution is -0.127. The standard InChI is InChI=1S/C31H38F2N4O2.CH4/c32-26-12-9-23(20-27(26)33)21-28(36-30(39)7-3-1-4-16-37-17-5-2-6-18-37)29(38)13-10-22-8-11-25-24(19-22)14-15-35-31(25)34;/h8-9,11-12,14-15,19-20,28H,1-7,10,13,16-18,21H2,(H2,34,35)(H,36,39);1H4/t28-;/m0./s1. The van der Waals surface area contributed by atoms with Gasteiger partial charge < -0.3 is 16.0 Å². The number of ketones is 1. The van der Waals surface area contributed by atoms with E-state index in [-0.39, 0.29) is 32.0 Å². The van der Waals surface area contributed by atoms with E-state index in [1.165, 1.54) is 38.4 Å². The highest BCUT2D eigenvalue weighted by Gasteiger charge is 2.22. The van der Waals surface area contributed by atoms with E-state index >= 15 is 0 Å². The molecule has 40 heavy (non-hydrogen) atoms. The summed E-state index contributed by atoms with van der Waals surface area (Å²) in [6.07, 6.45) is 9.38. The Bertz CT molecular complexity index is 1280. The number of anilines is 1. The fraction of sp³-hybridized carbons (Fsp3) is 0.469. The van der Waals surface area contributed by atoms with Gasteiger partial charge in [0.15, 0.2) is 17.4 Å². The number of rotatable bonds is 13. The molecule has 0 saturated carbocycles. The molecule has 1 saturated heterocycles. The lowest BCUT2D eigenvalue weighted by Gasteiger charge is -2.26. The lowest BCUT2D eigenvalue weighted by atomic mass is 9.96. The number of aromatic nitrogens is 1. The number of pyridine rings is 1. The summed E-state index contributed by atoms with van der Waals surface area (Å²) in [5.41, 5.74) is 7.36. The van der Waals surface area contributed by atoms with Gasteiger partial charge in [-0.1, -0.05) is 44.5 Å². The van der Waals surface area contributed by atoms with Crippen LogP contribution in [0.4, 0.5) is 14.6 Å². The van der Waals surface area contributed by atoms with Crippen molar-refractivity contribution >= 4 is 28.3 Å². The van der Waals surface area contributed by atoms with Crippen molar-refractivity contribution in [1.82, 2.24) is 15.2 Å². The number of piperidine rings is 1. The predicted octanol–water partition coefficient (Wildman–Crippen LogP) is 6.01. The van der Waals surface area contributed by atoms with Crippen molar-refractivity contribution < 1.29 is 18.4 Å². The highest BCUT2D eigenvalue weighted by molar-refractivity contribution is 5.92. The molecule has 0 radical (unpaired) electrons. The van der Waals surface area contributed by atoms with E-state index in [2.05, 4.69) is 15.2 Å². The van der Waals surface area contributed by atoms with Crippen LogP contribution in [0.3, 0.4) is 0 Å². The van der Waals surface area contributed by atoms with Gasteiger partial charge in [0.05, 0.1) is 6.04 Å². The Morgan fingerprint density at radius 3 is 2.48 bits per heavy atom. The van der Waals surface area contributed by atoms with Crippen LogP contribution >= 0.6 is 0 Å². The van der Waals surface area contributed by atoms with E-state index in [0.29, 0.717) is 24.2 Å². The van der Waals surface area contributed by atoms with E-state index in [1.807, 2.05) is 24.3 Å². The van der Waals surface area contributed by atoms with Crippen molar-refractivity contribution in [2.75, 3.05) is 25.4 Å². The summed E-state index contributed by atoms with van der Waals surface area (Å²) >= 11 is 0. The number of nitrogen functional groups attached to an aromatic ring is 1. The first-order chi connectivity index (χ1) is 18.9. The van der Waals surface area contributed by atoms with Gasteiger partial charge in [0.1, 0.15) is 5.82 Å². The number of fused-ring (bicyclic) bond motifs is 1. The van der Waals surface area contributed by atoms with Crippen LogP contribution in [-0.4, -0.2) is 47.3 Å². The summed E-state index contributed by atoms with van der Waals surface area (Å²) in [4.78, 5) is 32.6. The molecule has 1 aromatic heterocycles. The largest absolute Gasteiger partial charge is 0.383 e. The number of likely N-dealkylation sites (tertiary alicyclic amines) is 1. The highest BCUT2D eigenvalue weighted by atomic mass is 19.2. The maximum Gasteiger partial charge on any atom is 0.220 e. The molecule has 8 heteroatoms. The zero-order valence-electron chi connectivity index (χ0n) is 22.4. The number of benzene rings is 2. The summed E-state index contributed by atoms with van der Waals surface area (Å²) in [5.74, 6) is -1.79. The fourth-order valence-corrected chi connectivity index (χ4v) is 5.24. The van der Waals surface area contributed by atoms with Gasteiger partial charge in [-0.25, -0.2) is 13.8 Å². The maximum atomic E-state index is 13.8. The van der Waals surface area contributed by atoms with Crippen LogP contribution in [0.15, 0.2) is 48.7 Å². The lowest BCUT2D eigenvalue weighted by Crippen LogP contribution is -2.42. The van der Waals surface area contributed by atoms with Crippen LogP contribution in [-0.2, 0) is 22.4 Å². The number of carbonyl (C=O) groups is 2. The van der Waals surface area contributed by atoms with E-state index in [9.17, 15) is 18.4 Å². The molecule has 3 N–H and O–H groups in total. The highest BCUT2D eigenvalue weighted by Crippen LogP contribution is 2.21. The Kier molecular flexibility index (Phi) is 12.0. The van der Waals surface area contributed by atoms with Gasteiger partial charge in [-0.2, -0.15) is 0 Å². The third-order valence-corrected chi connectivity index (χ3v) is 7.49. The summed E-state index contributed by atoms with van der Waals surface area (Å²) in [6, 6.07) is 10.4. The number of carbonyl (C=O) groups excluding carboxylic acids is 2. The third kappa shape index (κ3) is 9.08. The molecule has 2 heterocycles. The third-order valence-electron chi connectivity index (χ3n) is 7.49. The molecule has 2 aromatic carbocycles. The quantitative estimate of drug-likeness (QED) is 0.254. The van der Waals surface area contributed by atoms with Gasteiger partial charge in [0.2, 0.25) is 5.91 Å². The van der Waals surface area contributed by atoms with Gasteiger partial charge in [-0.3, -0.25) is 9.59 Å². The minimum Gasteiger partial charge on any atom is -0.383 e. The molecule has 3 aromatic rings. The normalized spacial score (nSPS) is 14.4. The Hall–Kier alpha value is -3.39. The number of nitrogens with zero attached hydrogens (tertiary/aromatic N) is 2. The molecule has 1 atom stereocenters. The topological polar surface area (TPSA) is 88.3 Å². The van der Waals surface area contributed by atoms with Gasteiger partial charge in [-0.05, 0) is 92.9 Å². The van der Waals surface area contributed by atoms with E-state index in [1.54, 1.807) is 6.20 Å². The first-order valence-corrected chi connectivity index (χ1v) is 14.0. The molecule has 1 amide bonds. The predicted molar refractivity (Wildman–Crippen MR) is 157 cm³/mol. The van der Waals surface area contributed by atoms with Gasteiger partial charge >= 0.3 is 0 Å². The van der Waals surface area contributed by atoms with Crippen LogP contribution < -0.4 is 11.1 Å². The van der Waals surface area contributed by atoms with Crippen LogP contribution in [0.25, 0.3) is 10.8 Å². The monoisotopic (exact) mass is 552 g/mol. The number of nitrogens with two attached hydrogens (primary N) is 1. The number of aryl methyl sites for hydroxylation is 1. The molecule has 0 aliphatic carbocycles. The zero-order valence-corrected chi connectivity index (χ0v) is 22.4. The number of amides is 1. The maximum absolute atomic E-state index is 13.8. The average Bonchev–Trinajstić information content (AvgIpc) is 2.94. The number of Topliss-reactive ketones (excluding diaryl/α,β-unsaturated/α-hetero) is 1. The molecule has 4 rings (SSSR count). The molecule has 1 fully saturated rings. The van der Waals surface area contributed by atoms with Crippen LogP contribution in [0.2, 0.25) is 0 Å². The molecule has 1 aliphatic rings. The zero-order chi connectivity index (χ0) is 27.6. The van der Waals surface area contributed by atoms with Crippen LogP contribution in [0.5, 0.6) is 0 Å². The van der Waals surface area contributed by atoms with Crippen LogP contribution in [0.1, 0.15) is 69.9 Å². The Balaban J connectivity index is 0.00000441. The van der Waals surface area contributed by atoms with Crippen molar-refractivity contribution in [1.29, 1.82) is 0 Å². The first-order valence-electron chi connectivity index (χ1n) is 14.0. The van der Waals surface area contributed by atoms with E-state index < -0.39 is 17.7 Å². The second-order valence-corrected chi connectivity index (χ2v) is 10.5. The number of nitrogens with one attached hydrogen (secondary N) is 1. The Morgan fingerprint density at radius 1 is 0.925 bits per heavy atom. The van der Waals surface area contributed by atoms with E-state index in [4.69, 9.17) is 5.73 Å². The number of hydrogen-bond acceptors (Lipinski definition) is 5. The molecule has 1 aliphatic heterocycles. The summed E-state index contributed by atoms with van der Waals surface area (Å²) in [7, 11) is 0.